The Morgan fingerprint density at radius 3 is 2.66 bits per heavy atom. The summed E-state index contributed by atoms with van der Waals surface area (Å²) in [6.45, 7) is 3.69. The molecule has 4 aromatic rings. The Hall–Kier alpha value is -3.98. The maximum atomic E-state index is 5.54. The molecule has 2 aromatic carbocycles. The van der Waals surface area contributed by atoms with Gasteiger partial charge in [-0.25, -0.2) is 5.43 Å². The van der Waals surface area contributed by atoms with E-state index in [4.69, 9.17) is 19.7 Å². The smallest absolute Gasteiger partial charge is 0.250 e. The minimum Gasteiger partial charge on any atom is -0.378 e. The number of fused-ring (bicyclic) bond motifs is 1. The van der Waals surface area contributed by atoms with Crippen LogP contribution in [0.2, 0.25) is 0 Å². The first-order chi connectivity index (χ1) is 17.3. The Labute approximate surface area is 203 Å². The van der Waals surface area contributed by atoms with Crippen molar-refractivity contribution in [3.05, 3.63) is 66.4 Å². The molecule has 2 aliphatic rings. The second kappa shape index (κ2) is 9.71. The molecule has 1 aliphatic carbocycles. The third-order valence-corrected chi connectivity index (χ3v) is 6.34. The lowest BCUT2D eigenvalue weighted by Gasteiger charge is -2.28. The summed E-state index contributed by atoms with van der Waals surface area (Å²) in [5.74, 6) is 2.35. The number of para-hydroxylation sites is 2. The van der Waals surface area contributed by atoms with Gasteiger partial charge >= 0.3 is 0 Å². The number of nitrogens with zero attached hydrogens (tertiary/aromatic N) is 6. The molecule has 0 amide bonds. The first-order valence-electron chi connectivity index (χ1n) is 12.1. The zero-order valence-electron chi connectivity index (χ0n) is 19.5. The predicted octanol–water partition coefficient (Wildman–Crippen LogP) is 4.18. The molecule has 1 saturated heterocycles. The third-order valence-electron chi connectivity index (χ3n) is 6.34. The summed E-state index contributed by atoms with van der Waals surface area (Å²) in [6.07, 6.45) is 6.21. The first-order valence-corrected chi connectivity index (χ1v) is 12.1. The molecule has 0 bridgehead atoms. The largest absolute Gasteiger partial charge is 0.378 e. The quantitative estimate of drug-likeness (QED) is 0.296. The molecule has 178 valence electrons. The first kappa shape index (κ1) is 21.5. The number of hydrogen-bond donors (Lipinski definition) is 2. The van der Waals surface area contributed by atoms with Gasteiger partial charge < -0.3 is 19.5 Å². The summed E-state index contributed by atoms with van der Waals surface area (Å²) < 4.78 is 5.54. The van der Waals surface area contributed by atoms with Crippen molar-refractivity contribution in [2.24, 2.45) is 11.0 Å². The highest BCUT2D eigenvalue weighted by atomic mass is 16.5. The highest BCUT2D eigenvalue weighted by Crippen LogP contribution is 2.34. The topological polar surface area (TPSA) is 94.6 Å². The highest BCUT2D eigenvalue weighted by Gasteiger charge is 2.28. The van der Waals surface area contributed by atoms with Gasteiger partial charge in [-0.05, 0) is 37.0 Å². The number of H-pyrrole nitrogens is 1. The van der Waals surface area contributed by atoms with Gasteiger partial charge in [0.05, 0.1) is 19.4 Å². The summed E-state index contributed by atoms with van der Waals surface area (Å²) in [5, 5.41) is 5.57. The molecule has 0 unspecified atom stereocenters. The number of aromatic amines is 1. The van der Waals surface area contributed by atoms with Crippen LogP contribution in [0, 0.1) is 5.92 Å². The maximum absolute atomic E-state index is 5.54. The van der Waals surface area contributed by atoms with Crippen LogP contribution in [0.15, 0.2) is 65.9 Å². The van der Waals surface area contributed by atoms with Crippen molar-refractivity contribution in [3.8, 4) is 0 Å². The number of nitrogens with one attached hydrogen (secondary N) is 2. The van der Waals surface area contributed by atoms with E-state index >= 15 is 0 Å². The molecule has 2 N–H and O–H groups in total. The predicted molar refractivity (Wildman–Crippen MR) is 139 cm³/mol. The van der Waals surface area contributed by atoms with Crippen molar-refractivity contribution >= 4 is 40.6 Å². The normalized spacial score (nSPS) is 16.2. The van der Waals surface area contributed by atoms with Crippen molar-refractivity contribution in [1.82, 2.24) is 19.9 Å². The second-order valence-electron chi connectivity index (χ2n) is 8.91. The van der Waals surface area contributed by atoms with Crippen molar-refractivity contribution in [1.29, 1.82) is 0 Å². The van der Waals surface area contributed by atoms with Gasteiger partial charge in [-0.2, -0.15) is 20.1 Å². The number of ether oxygens (including phenoxy) is 1. The van der Waals surface area contributed by atoms with Gasteiger partial charge in [0.15, 0.2) is 0 Å². The van der Waals surface area contributed by atoms with Gasteiger partial charge in [-0.15, -0.1) is 0 Å². The Balaban J connectivity index is 1.32. The summed E-state index contributed by atoms with van der Waals surface area (Å²) in [4.78, 5) is 22.0. The van der Waals surface area contributed by atoms with Crippen LogP contribution in [-0.4, -0.2) is 59.0 Å². The molecule has 6 rings (SSSR count). The number of morpholine rings is 1. The van der Waals surface area contributed by atoms with Gasteiger partial charge in [-0.1, -0.05) is 36.4 Å². The molecule has 0 radical (unpaired) electrons. The molecule has 35 heavy (non-hydrogen) atoms. The average Bonchev–Trinajstić information content (AvgIpc) is 3.66. The zero-order chi connectivity index (χ0) is 23.5. The standard InChI is InChI=1S/C26H28N8O/c1-2-6-21(7-3-1)34(18-19-10-11-19)26-30-24(29-25(31-26)33-12-14-35-15-13-33)32-28-17-20-16-27-23-9-5-4-8-22(20)23/h1-9,16-17,19,27H,10-15,18H2,(H,29,30,31,32)/b28-17+. The number of hydrogen-bond acceptors (Lipinski definition) is 8. The molecular weight excluding hydrogens is 440 g/mol. The van der Waals surface area contributed by atoms with Crippen LogP contribution < -0.4 is 15.2 Å². The molecule has 0 spiro atoms. The van der Waals surface area contributed by atoms with Crippen LogP contribution in [0.4, 0.5) is 23.5 Å². The van der Waals surface area contributed by atoms with Crippen molar-refractivity contribution in [2.75, 3.05) is 48.1 Å². The number of anilines is 4. The molecule has 2 fully saturated rings. The van der Waals surface area contributed by atoms with E-state index in [1.54, 1.807) is 6.21 Å². The van der Waals surface area contributed by atoms with E-state index in [0.717, 1.165) is 41.8 Å². The lowest BCUT2D eigenvalue weighted by atomic mass is 10.2. The van der Waals surface area contributed by atoms with Gasteiger partial charge in [0.2, 0.25) is 17.8 Å². The number of aromatic nitrogens is 4. The monoisotopic (exact) mass is 468 g/mol. The van der Waals surface area contributed by atoms with Crippen molar-refractivity contribution in [2.45, 2.75) is 12.8 Å². The van der Waals surface area contributed by atoms with E-state index in [-0.39, 0.29) is 0 Å². The van der Waals surface area contributed by atoms with E-state index in [0.29, 0.717) is 37.0 Å². The van der Waals surface area contributed by atoms with Crippen molar-refractivity contribution in [3.63, 3.8) is 0 Å². The Morgan fingerprint density at radius 2 is 1.83 bits per heavy atom. The molecule has 2 aromatic heterocycles. The molecule has 3 heterocycles. The maximum Gasteiger partial charge on any atom is 0.250 e. The van der Waals surface area contributed by atoms with Crippen molar-refractivity contribution < 1.29 is 4.74 Å². The summed E-state index contributed by atoms with van der Waals surface area (Å²) in [7, 11) is 0. The number of benzene rings is 2. The van der Waals surface area contributed by atoms with E-state index in [9.17, 15) is 0 Å². The number of hydrazone groups is 1. The van der Waals surface area contributed by atoms with Crippen LogP contribution in [0.5, 0.6) is 0 Å². The highest BCUT2D eigenvalue weighted by molar-refractivity contribution is 5.99. The fourth-order valence-corrected chi connectivity index (χ4v) is 4.26. The molecule has 1 saturated carbocycles. The third kappa shape index (κ3) is 4.95. The van der Waals surface area contributed by atoms with Crippen LogP contribution in [-0.2, 0) is 4.74 Å². The second-order valence-corrected chi connectivity index (χ2v) is 8.91. The van der Waals surface area contributed by atoms with E-state index in [1.165, 1.54) is 12.8 Å². The zero-order valence-corrected chi connectivity index (χ0v) is 19.5. The number of rotatable bonds is 8. The van der Waals surface area contributed by atoms with E-state index in [2.05, 4.69) is 43.5 Å². The minimum absolute atomic E-state index is 0.421. The summed E-state index contributed by atoms with van der Waals surface area (Å²) in [5.41, 5.74) is 6.20. The summed E-state index contributed by atoms with van der Waals surface area (Å²) >= 11 is 0. The molecule has 9 nitrogen and oxygen atoms in total. The Bertz CT molecular complexity index is 1310. The van der Waals surface area contributed by atoms with Gasteiger partial charge in [-0.3, -0.25) is 0 Å². The van der Waals surface area contributed by atoms with Gasteiger partial charge in [0, 0.05) is 48.0 Å². The lowest BCUT2D eigenvalue weighted by molar-refractivity contribution is 0.122. The molecule has 0 atom stereocenters. The van der Waals surface area contributed by atoms with E-state index in [1.807, 2.05) is 42.6 Å². The molecule has 1 aliphatic heterocycles. The lowest BCUT2D eigenvalue weighted by Crippen LogP contribution is -2.38. The average molecular weight is 469 g/mol. The summed E-state index contributed by atoms with van der Waals surface area (Å²) in [6, 6.07) is 18.5. The molecule has 9 heteroatoms. The van der Waals surface area contributed by atoms with Crippen LogP contribution in [0.3, 0.4) is 0 Å². The van der Waals surface area contributed by atoms with Crippen LogP contribution >= 0.6 is 0 Å². The fourth-order valence-electron chi connectivity index (χ4n) is 4.26. The van der Waals surface area contributed by atoms with E-state index < -0.39 is 0 Å². The Kier molecular flexibility index (Phi) is 5.98. The van der Waals surface area contributed by atoms with Crippen LogP contribution in [0.1, 0.15) is 18.4 Å². The van der Waals surface area contributed by atoms with Crippen LogP contribution in [0.25, 0.3) is 10.9 Å². The fraction of sp³-hybridized carbons (Fsp3) is 0.308. The van der Waals surface area contributed by atoms with Gasteiger partial charge in [0.25, 0.3) is 0 Å². The van der Waals surface area contributed by atoms with Gasteiger partial charge in [0.1, 0.15) is 0 Å². The SMILES string of the molecule is C(=N\Nc1nc(N2CCOCC2)nc(N(CC2CC2)c2ccccc2)n1)/c1c[nH]c2ccccc12. The Morgan fingerprint density at radius 1 is 1.03 bits per heavy atom. The minimum atomic E-state index is 0.421. The molecular formula is C26H28N8O.